The smallest absolute Gasteiger partial charge is 0.230 e. The minimum Gasteiger partial charge on any atom is -0.486 e. The Kier molecular flexibility index (Phi) is 4.94. The van der Waals surface area contributed by atoms with Crippen molar-refractivity contribution in [2.45, 2.75) is 18.0 Å². The van der Waals surface area contributed by atoms with Crippen LogP contribution < -0.4 is 14.8 Å². The maximum absolute atomic E-state index is 12.3. The molecule has 0 radical (unpaired) electrons. The number of aromatic nitrogens is 2. The lowest BCUT2D eigenvalue weighted by Gasteiger charge is -2.21. The van der Waals surface area contributed by atoms with Gasteiger partial charge in [-0.1, -0.05) is 17.8 Å². The fourth-order valence-electron chi connectivity index (χ4n) is 2.70. The van der Waals surface area contributed by atoms with Crippen LogP contribution in [0.5, 0.6) is 11.5 Å². The molecule has 3 heterocycles. The molecule has 1 aromatic carbocycles. The topological polar surface area (TPSA) is 73.3 Å². The molecule has 0 spiro atoms. The van der Waals surface area contributed by atoms with Crippen molar-refractivity contribution < 1.29 is 14.3 Å². The van der Waals surface area contributed by atoms with Crippen molar-refractivity contribution >= 4 is 39.2 Å². The van der Waals surface area contributed by atoms with E-state index in [1.807, 2.05) is 36.6 Å². The summed E-state index contributed by atoms with van der Waals surface area (Å²) >= 11 is 3.01. The number of rotatable bonds is 5. The molecule has 8 heteroatoms. The third-order valence-electron chi connectivity index (χ3n) is 3.99. The standard InChI is InChI=1S/C18H17N3O3S2/c1-11(12-2-3-14-15(8-12)24-6-5-23-14)21-16(22)9-26-18-17-13(4-7-25-17)19-10-20-18/h2-4,7-8,10-11H,5-6,9H2,1H3,(H,21,22). The highest BCUT2D eigenvalue weighted by molar-refractivity contribution is 8.00. The summed E-state index contributed by atoms with van der Waals surface area (Å²) < 4.78 is 12.2. The molecule has 1 aliphatic rings. The number of nitrogens with zero attached hydrogens (tertiary/aromatic N) is 2. The van der Waals surface area contributed by atoms with Gasteiger partial charge in [0.2, 0.25) is 5.91 Å². The van der Waals surface area contributed by atoms with Crippen LogP contribution in [0.25, 0.3) is 10.2 Å². The van der Waals surface area contributed by atoms with Crippen molar-refractivity contribution in [3.8, 4) is 11.5 Å². The second-order valence-corrected chi connectivity index (χ2v) is 7.67. The predicted molar refractivity (Wildman–Crippen MR) is 102 cm³/mol. The van der Waals surface area contributed by atoms with Crippen molar-refractivity contribution in [2.24, 2.45) is 0 Å². The third-order valence-corrected chi connectivity index (χ3v) is 6.02. The molecule has 1 amide bonds. The van der Waals surface area contributed by atoms with Gasteiger partial charge in [-0.2, -0.15) is 0 Å². The zero-order chi connectivity index (χ0) is 17.9. The van der Waals surface area contributed by atoms with E-state index in [4.69, 9.17) is 9.47 Å². The first-order chi connectivity index (χ1) is 12.7. The molecule has 1 atom stereocenters. The van der Waals surface area contributed by atoms with E-state index in [1.54, 1.807) is 11.3 Å². The third kappa shape index (κ3) is 3.61. The summed E-state index contributed by atoms with van der Waals surface area (Å²) in [6.45, 7) is 3.07. The fourth-order valence-corrected chi connectivity index (χ4v) is 4.46. The maximum atomic E-state index is 12.3. The monoisotopic (exact) mass is 387 g/mol. The van der Waals surface area contributed by atoms with Crippen LogP contribution in [0.1, 0.15) is 18.5 Å². The summed E-state index contributed by atoms with van der Waals surface area (Å²) in [5, 5.41) is 5.84. The predicted octanol–water partition coefficient (Wildman–Crippen LogP) is 3.43. The van der Waals surface area contributed by atoms with Gasteiger partial charge in [-0.15, -0.1) is 11.3 Å². The fraction of sp³-hybridized carbons (Fsp3) is 0.278. The molecule has 6 nitrogen and oxygen atoms in total. The van der Waals surface area contributed by atoms with E-state index in [0.29, 0.717) is 19.0 Å². The van der Waals surface area contributed by atoms with Crippen molar-refractivity contribution in [1.29, 1.82) is 0 Å². The Morgan fingerprint density at radius 3 is 3.00 bits per heavy atom. The molecule has 2 aromatic heterocycles. The number of thiophene rings is 1. The molecule has 4 rings (SSSR count). The maximum Gasteiger partial charge on any atom is 0.230 e. The van der Waals surface area contributed by atoms with Crippen LogP contribution >= 0.6 is 23.1 Å². The molecule has 1 aliphatic heterocycles. The Morgan fingerprint density at radius 2 is 2.12 bits per heavy atom. The number of thioether (sulfide) groups is 1. The first-order valence-corrected chi connectivity index (χ1v) is 10.1. The molecule has 3 aromatic rings. The molecule has 0 saturated heterocycles. The molecule has 1 unspecified atom stereocenters. The quantitative estimate of drug-likeness (QED) is 0.534. The Balaban J connectivity index is 1.38. The van der Waals surface area contributed by atoms with E-state index in [9.17, 15) is 4.79 Å². The minimum atomic E-state index is -0.119. The van der Waals surface area contributed by atoms with Gasteiger partial charge < -0.3 is 14.8 Å². The number of hydrogen-bond acceptors (Lipinski definition) is 7. The van der Waals surface area contributed by atoms with Gasteiger partial charge in [0.25, 0.3) is 0 Å². The van der Waals surface area contributed by atoms with Crippen molar-refractivity contribution in [3.05, 3.63) is 41.5 Å². The highest BCUT2D eigenvalue weighted by atomic mass is 32.2. The van der Waals surface area contributed by atoms with Gasteiger partial charge in [-0.3, -0.25) is 4.79 Å². The summed E-state index contributed by atoms with van der Waals surface area (Å²) in [7, 11) is 0. The summed E-state index contributed by atoms with van der Waals surface area (Å²) in [6, 6.07) is 7.59. The van der Waals surface area contributed by atoms with Crippen molar-refractivity contribution in [1.82, 2.24) is 15.3 Å². The van der Waals surface area contributed by atoms with Crippen molar-refractivity contribution in [3.63, 3.8) is 0 Å². The van der Waals surface area contributed by atoms with Gasteiger partial charge in [-0.25, -0.2) is 9.97 Å². The molecule has 0 fully saturated rings. The zero-order valence-electron chi connectivity index (χ0n) is 14.1. The average Bonchev–Trinajstić information content (AvgIpc) is 3.15. The number of amides is 1. The highest BCUT2D eigenvalue weighted by Gasteiger charge is 2.16. The average molecular weight is 387 g/mol. The molecule has 0 bridgehead atoms. The van der Waals surface area contributed by atoms with Crippen LogP contribution in [0.2, 0.25) is 0 Å². The van der Waals surface area contributed by atoms with Crippen molar-refractivity contribution in [2.75, 3.05) is 19.0 Å². The van der Waals surface area contributed by atoms with Crippen LogP contribution in [-0.4, -0.2) is 34.8 Å². The van der Waals surface area contributed by atoms with Gasteiger partial charge in [0.15, 0.2) is 11.5 Å². The summed E-state index contributed by atoms with van der Waals surface area (Å²) in [6.07, 6.45) is 1.53. The first-order valence-electron chi connectivity index (χ1n) is 8.20. The number of hydrogen-bond donors (Lipinski definition) is 1. The van der Waals surface area contributed by atoms with E-state index >= 15 is 0 Å². The Labute approximate surface area is 158 Å². The first kappa shape index (κ1) is 17.1. The normalized spacial score (nSPS) is 14.2. The lowest BCUT2D eigenvalue weighted by molar-refractivity contribution is -0.119. The Bertz CT molecular complexity index is 944. The number of carbonyl (C=O) groups is 1. The minimum absolute atomic E-state index is 0.0410. The molecule has 26 heavy (non-hydrogen) atoms. The van der Waals surface area contributed by atoms with Crippen LogP contribution in [0, 0.1) is 0 Å². The van der Waals surface area contributed by atoms with Gasteiger partial charge in [0.1, 0.15) is 24.6 Å². The van der Waals surface area contributed by atoms with Gasteiger partial charge in [0.05, 0.1) is 22.0 Å². The second-order valence-electron chi connectivity index (χ2n) is 5.79. The largest absolute Gasteiger partial charge is 0.486 e. The van der Waals surface area contributed by atoms with Crippen LogP contribution in [0.4, 0.5) is 0 Å². The Hall–Kier alpha value is -2.32. The number of ether oxygens (including phenoxy) is 2. The molecule has 134 valence electrons. The lowest BCUT2D eigenvalue weighted by Crippen LogP contribution is -2.28. The zero-order valence-corrected chi connectivity index (χ0v) is 15.7. The number of benzene rings is 1. The molecule has 1 N–H and O–H groups in total. The SMILES string of the molecule is CC(NC(=O)CSc1ncnc2ccsc12)c1ccc2c(c1)OCCO2. The summed E-state index contributed by atoms with van der Waals surface area (Å²) in [4.78, 5) is 20.8. The van der Waals surface area contributed by atoms with E-state index in [0.717, 1.165) is 32.3 Å². The summed E-state index contributed by atoms with van der Waals surface area (Å²) in [5.41, 5.74) is 1.90. The highest BCUT2D eigenvalue weighted by Crippen LogP contribution is 2.33. The second kappa shape index (κ2) is 7.51. The number of carbonyl (C=O) groups excluding carboxylic acids is 1. The van der Waals surface area contributed by atoms with E-state index in [2.05, 4.69) is 15.3 Å². The number of fused-ring (bicyclic) bond motifs is 2. The van der Waals surface area contributed by atoms with Gasteiger partial charge in [0, 0.05) is 0 Å². The van der Waals surface area contributed by atoms with Crippen LogP contribution in [0.3, 0.4) is 0 Å². The van der Waals surface area contributed by atoms with Crippen LogP contribution in [-0.2, 0) is 4.79 Å². The van der Waals surface area contributed by atoms with E-state index in [1.165, 1.54) is 18.1 Å². The van der Waals surface area contributed by atoms with Gasteiger partial charge in [-0.05, 0) is 36.1 Å². The van der Waals surface area contributed by atoms with E-state index in [-0.39, 0.29) is 11.9 Å². The van der Waals surface area contributed by atoms with Gasteiger partial charge >= 0.3 is 0 Å². The lowest BCUT2D eigenvalue weighted by atomic mass is 10.1. The molecular formula is C18H17N3O3S2. The van der Waals surface area contributed by atoms with E-state index < -0.39 is 0 Å². The Morgan fingerprint density at radius 1 is 1.27 bits per heavy atom. The van der Waals surface area contributed by atoms with Crippen LogP contribution in [0.15, 0.2) is 41.0 Å². The number of nitrogens with one attached hydrogen (secondary N) is 1. The molecule has 0 saturated carbocycles. The summed E-state index contributed by atoms with van der Waals surface area (Å²) in [5.74, 6) is 1.74. The molecular weight excluding hydrogens is 370 g/mol. The molecule has 0 aliphatic carbocycles.